The maximum absolute atomic E-state index is 12.0. The number of carbonyl (C=O) groups excluding carboxylic acids is 1. The van der Waals surface area contributed by atoms with Gasteiger partial charge in [0.1, 0.15) is 5.54 Å². The Morgan fingerprint density at radius 2 is 2.16 bits per heavy atom. The molecule has 3 rings (SSSR count). The Labute approximate surface area is 109 Å². The van der Waals surface area contributed by atoms with Gasteiger partial charge in [0.25, 0.3) is 0 Å². The zero-order valence-corrected chi connectivity index (χ0v) is 10.5. The van der Waals surface area contributed by atoms with Crippen LogP contribution in [0.15, 0.2) is 4.52 Å². The third-order valence-corrected chi connectivity index (χ3v) is 3.97. The highest BCUT2D eigenvalue weighted by atomic mass is 16.5. The highest BCUT2D eigenvalue weighted by Gasteiger charge is 2.52. The number of hydrogen-bond acceptors (Lipinski definition) is 5. The van der Waals surface area contributed by atoms with Crippen molar-refractivity contribution < 1.29 is 19.2 Å². The van der Waals surface area contributed by atoms with E-state index in [1.807, 2.05) is 0 Å². The maximum atomic E-state index is 12.0. The van der Waals surface area contributed by atoms with Gasteiger partial charge in [-0.1, -0.05) is 5.16 Å². The Bertz CT molecular complexity index is 535. The molecule has 7 nitrogen and oxygen atoms in total. The summed E-state index contributed by atoms with van der Waals surface area (Å²) >= 11 is 0. The SMILES string of the molecule is Cc1nc(C2(NC(=O)[C@@H]3C[C@@H]3C(=O)O)CCC2)no1. The zero-order valence-electron chi connectivity index (χ0n) is 10.5. The molecule has 2 aliphatic carbocycles. The topological polar surface area (TPSA) is 105 Å². The van der Waals surface area contributed by atoms with Crippen LogP contribution < -0.4 is 5.32 Å². The molecule has 102 valence electrons. The van der Waals surface area contributed by atoms with Crippen LogP contribution in [0.1, 0.15) is 37.4 Å². The minimum Gasteiger partial charge on any atom is -0.481 e. The average molecular weight is 265 g/mol. The second kappa shape index (κ2) is 4.04. The number of nitrogens with one attached hydrogen (secondary N) is 1. The largest absolute Gasteiger partial charge is 0.481 e. The number of carbonyl (C=O) groups is 2. The van der Waals surface area contributed by atoms with E-state index in [-0.39, 0.29) is 5.91 Å². The molecule has 1 amide bonds. The van der Waals surface area contributed by atoms with Crippen LogP contribution in [0.2, 0.25) is 0 Å². The molecule has 0 unspecified atom stereocenters. The van der Waals surface area contributed by atoms with Gasteiger partial charge in [-0.15, -0.1) is 0 Å². The molecule has 0 bridgehead atoms. The van der Waals surface area contributed by atoms with Crippen molar-refractivity contribution in [2.24, 2.45) is 11.8 Å². The number of hydrogen-bond donors (Lipinski definition) is 2. The van der Waals surface area contributed by atoms with Crippen molar-refractivity contribution in [3.05, 3.63) is 11.7 Å². The smallest absolute Gasteiger partial charge is 0.307 e. The molecule has 0 aromatic carbocycles. The molecule has 0 saturated heterocycles. The molecule has 0 spiro atoms. The van der Waals surface area contributed by atoms with Crippen LogP contribution in [0, 0.1) is 18.8 Å². The summed E-state index contributed by atoms with van der Waals surface area (Å²) < 4.78 is 4.96. The minimum absolute atomic E-state index is 0.213. The van der Waals surface area contributed by atoms with Gasteiger partial charge in [-0.25, -0.2) is 0 Å². The lowest BCUT2D eigenvalue weighted by Gasteiger charge is -2.39. The van der Waals surface area contributed by atoms with E-state index in [0.717, 1.165) is 19.3 Å². The van der Waals surface area contributed by atoms with Crippen molar-refractivity contribution in [1.29, 1.82) is 0 Å². The van der Waals surface area contributed by atoms with Crippen molar-refractivity contribution in [2.75, 3.05) is 0 Å². The molecule has 19 heavy (non-hydrogen) atoms. The van der Waals surface area contributed by atoms with Crippen LogP contribution in [-0.4, -0.2) is 27.1 Å². The first-order chi connectivity index (χ1) is 9.02. The summed E-state index contributed by atoms with van der Waals surface area (Å²) in [7, 11) is 0. The van der Waals surface area contributed by atoms with E-state index < -0.39 is 23.3 Å². The van der Waals surface area contributed by atoms with Gasteiger partial charge in [-0.05, 0) is 25.7 Å². The average Bonchev–Trinajstić information content (AvgIpc) is 3.01. The zero-order chi connectivity index (χ0) is 13.6. The summed E-state index contributed by atoms with van der Waals surface area (Å²) in [4.78, 5) is 27.0. The van der Waals surface area contributed by atoms with Crippen LogP contribution >= 0.6 is 0 Å². The van der Waals surface area contributed by atoms with Gasteiger partial charge in [-0.2, -0.15) is 4.98 Å². The summed E-state index contributed by atoms with van der Waals surface area (Å²) in [5, 5.41) is 15.6. The van der Waals surface area contributed by atoms with E-state index in [4.69, 9.17) is 9.63 Å². The molecule has 2 atom stereocenters. The summed E-state index contributed by atoms with van der Waals surface area (Å²) in [6.45, 7) is 1.70. The number of rotatable bonds is 4. The van der Waals surface area contributed by atoms with Gasteiger partial charge in [0.05, 0.1) is 11.8 Å². The Morgan fingerprint density at radius 1 is 1.42 bits per heavy atom. The van der Waals surface area contributed by atoms with Gasteiger partial charge in [0.15, 0.2) is 5.82 Å². The second-order valence-corrected chi connectivity index (χ2v) is 5.35. The number of nitrogens with zero attached hydrogens (tertiary/aromatic N) is 2. The Kier molecular flexibility index (Phi) is 2.58. The molecule has 2 saturated carbocycles. The molecule has 2 aliphatic rings. The van der Waals surface area contributed by atoms with Crippen LogP contribution in [0.25, 0.3) is 0 Å². The molecule has 7 heteroatoms. The van der Waals surface area contributed by atoms with E-state index in [2.05, 4.69) is 15.5 Å². The first-order valence-corrected chi connectivity index (χ1v) is 6.37. The molecule has 0 aliphatic heterocycles. The van der Waals surface area contributed by atoms with Crippen molar-refractivity contribution in [3.8, 4) is 0 Å². The van der Waals surface area contributed by atoms with Gasteiger partial charge in [-0.3, -0.25) is 9.59 Å². The van der Waals surface area contributed by atoms with Crippen LogP contribution in [0.4, 0.5) is 0 Å². The quantitative estimate of drug-likeness (QED) is 0.825. The molecule has 2 fully saturated rings. The minimum atomic E-state index is -0.904. The maximum Gasteiger partial charge on any atom is 0.307 e. The Hall–Kier alpha value is -1.92. The molecule has 2 N–H and O–H groups in total. The number of amides is 1. The van der Waals surface area contributed by atoms with E-state index in [0.29, 0.717) is 18.1 Å². The first kappa shape index (κ1) is 12.1. The van der Waals surface area contributed by atoms with Crippen LogP contribution in [0.3, 0.4) is 0 Å². The molecular weight excluding hydrogens is 250 g/mol. The summed E-state index contributed by atoms with van der Waals surface area (Å²) in [6, 6.07) is 0. The third kappa shape index (κ3) is 1.98. The first-order valence-electron chi connectivity index (χ1n) is 6.37. The molecule has 1 aromatic heterocycles. The van der Waals surface area contributed by atoms with Gasteiger partial charge in [0, 0.05) is 6.92 Å². The number of aromatic nitrogens is 2. The summed E-state index contributed by atoms with van der Waals surface area (Å²) in [6.07, 6.45) is 2.94. The van der Waals surface area contributed by atoms with Gasteiger partial charge >= 0.3 is 5.97 Å². The predicted molar refractivity (Wildman–Crippen MR) is 61.9 cm³/mol. The van der Waals surface area contributed by atoms with Crippen molar-refractivity contribution in [3.63, 3.8) is 0 Å². The van der Waals surface area contributed by atoms with E-state index in [9.17, 15) is 9.59 Å². The lowest BCUT2D eigenvalue weighted by Crippen LogP contribution is -2.52. The fourth-order valence-electron chi connectivity index (χ4n) is 2.51. The normalized spacial score (nSPS) is 27.4. The van der Waals surface area contributed by atoms with E-state index in [1.165, 1.54) is 0 Å². The number of aliphatic carboxylic acids is 1. The molecular formula is C12H15N3O4. The third-order valence-electron chi connectivity index (χ3n) is 3.97. The fraction of sp³-hybridized carbons (Fsp3) is 0.667. The Balaban J connectivity index is 1.71. The van der Waals surface area contributed by atoms with Gasteiger partial charge in [0.2, 0.25) is 11.8 Å². The highest BCUT2D eigenvalue weighted by molar-refractivity contribution is 5.89. The molecule has 1 heterocycles. The lowest BCUT2D eigenvalue weighted by molar-refractivity contribution is -0.140. The van der Waals surface area contributed by atoms with Crippen molar-refractivity contribution in [1.82, 2.24) is 15.5 Å². The number of aryl methyl sites for hydroxylation is 1. The highest BCUT2D eigenvalue weighted by Crippen LogP contribution is 2.43. The summed E-state index contributed by atoms with van der Waals surface area (Å²) in [5.41, 5.74) is -0.555. The second-order valence-electron chi connectivity index (χ2n) is 5.35. The summed E-state index contributed by atoms with van der Waals surface area (Å²) in [5.74, 6) is -1.11. The van der Waals surface area contributed by atoms with Crippen molar-refractivity contribution >= 4 is 11.9 Å². The molecule has 1 aromatic rings. The van der Waals surface area contributed by atoms with Crippen LogP contribution in [-0.2, 0) is 15.1 Å². The Morgan fingerprint density at radius 3 is 2.58 bits per heavy atom. The van der Waals surface area contributed by atoms with E-state index >= 15 is 0 Å². The fourth-order valence-corrected chi connectivity index (χ4v) is 2.51. The monoisotopic (exact) mass is 265 g/mol. The van der Waals surface area contributed by atoms with Crippen LogP contribution in [0.5, 0.6) is 0 Å². The predicted octanol–water partition coefficient (Wildman–Crippen LogP) is 0.594. The standard InChI is InChI=1S/C12H15N3O4/c1-6-13-11(15-19-6)12(3-2-4-12)14-9(16)7-5-8(7)10(17)18/h7-8H,2-5H2,1H3,(H,14,16)(H,17,18)/t7-,8+/m1/s1. The van der Waals surface area contributed by atoms with Gasteiger partial charge < -0.3 is 14.9 Å². The number of carboxylic acids is 1. The van der Waals surface area contributed by atoms with E-state index in [1.54, 1.807) is 6.92 Å². The van der Waals surface area contributed by atoms with Crippen molar-refractivity contribution in [2.45, 2.75) is 38.1 Å². The molecule has 0 radical (unpaired) electrons. The number of carboxylic acid groups (broad SMARTS) is 1. The lowest BCUT2D eigenvalue weighted by atomic mass is 9.76.